The summed E-state index contributed by atoms with van der Waals surface area (Å²) in [6.45, 7) is 0.162. The maximum absolute atomic E-state index is 15.6. The molecule has 1 aliphatic heterocycles. The lowest BCUT2D eigenvalue weighted by atomic mass is 9.89. The summed E-state index contributed by atoms with van der Waals surface area (Å²) in [6.07, 6.45) is 0. The molecule has 0 spiro atoms. The molecular weight excluding hydrogens is 345 g/mol. The molecule has 2 nitrogen and oxygen atoms in total. The van der Waals surface area contributed by atoms with Gasteiger partial charge in [-0.15, -0.1) is 0 Å². The molecule has 3 rings (SSSR count). The summed E-state index contributed by atoms with van der Waals surface area (Å²) < 4.78 is 21.7. The molecule has 0 aromatic heterocycles. The Morgan fingerprint density at radius 2 is 2.05 bits per heavy atom. The molecule has 2 aromatic rings. The van der Waals surface area contributed by atoms with E-state index in [1.54, 1.807) is 24.3 Å². The molecule has 0 saturated carbocycles. The van der Waals surface area contributed by atoms with Crippen LogP contribution in [0.4, 0.5) is 10.1 Å². The molecule has 0 saturated heterocycles. The maximum atomic E-state index is 15.6. The summed E-state index contributed by atoms with van der Waals surface area (Å²) in [5.74, 6) is 0.492. The fourth-order valence-electron chi connectivity index (χ4n) is 2.54. The van der Waals surface area contributed by atoms with Gasteiger partial charge in [0.05, 0.1) is 13.7 Å². The van der Waals surface area contributed by atoms with E-state index in [-0.39, 0.29) is 6.54 Å². The number of hydrogen-bond acceptors (Lipinski definition) is 2. The van der Waals surface area contributed by atoms with E-state index in [1.165, 1.54) is 7.11 Å². The van der Waals surface area contributed by atoms with Crippen LogP contribution in [-0.2, 0) is 5.67 Å². The van der Waals surface area contributed by atoms with Crippen LogP contribution >= 0.6 is 27.5 Å². The van der Waals surface area contributed by atoms with Crippen molar-refractivity contribution in [1.29, 1.82) is 0 Å². The van der Waals surface area contributed by atoms with Gasteiger partial charge in [0.25, 0.3) is 0 Å². The molecule has 20 heavy (non-hydrogen) atoms. The topological polar surface area (TPSA) is 21.3 Å². The average Bonchev–Trinajstić information content (AvgIpc) is 2.77. The fourth-order valence-corrected chi connectivity index (χ4v) is 3.07. The maximum Gasteiger partial charge on any atom is 0.183 e. The number of ether oxygens (including phenoxy) is 1. The van der Waals surface area contributed by atoms with Crippen LogP contribution in [0.2, 0.25) is 5.02 Å². The van der Waals surface area contributed by atoms with E-state index in [0.29, 0.717) is 21.9 Å². The van der Waals surface area contributed by atoms with Crippen LogP contribution in [0.1, 0.15) is 11.1 Å². The van der Waals surface area contributed by atoms with Crippen LogP contribution in [0.3, 0.4) is 0 Å². The third-order valence-corrected chi connectivity index (χ3v) is 4.25. The first-order valence-electron chi connectivity index (χ1n) is 6.11. The van der Waals surface area contributed by atoms with Crippen LogP contribution in [0, 0.1) is 0 Å². The van der Waals surface area contributed by atoms with Gasteiger partial charge in [-0.05, 0) is 36.4 Å². The highest BCUT2D eigenvalue weighted by Crippen LogP contribution is 2.47. The molecule has 0 fully saturated rings. The van der Waals surface area contributed by atoms with Crippen molar-refractivity contribution in [3.05, 3.63) is 57.0 Å². The molecule has 0 aliphatic carbocycles. The smallest absolute Gasteiger partial charge is 0.183 e. The highest BCUT2D eigenvalue weighted by molar-refractivity contribution is 9.10. The summed E-state index contributed by atoms with van der Waals surface area (Å²) >= 11 is 9.41. The first-order chi connectivity index (χ1) is 9.54. The number of alkyl halides is 1. The van der Waals surface area contributed by atoms with E-state index in [4.69, 9.17) is 16.3 Å². The number of halogens is 3. The van der Waals surface area contributed by atoms with E-state index < -0.39 is 5.67 Å². The molecule has 1 heterocycles. The van der Waals surface area contributed by atoms with Crippen LogP contribution in [0.5, 0.6) is 5.75 Å². The van der Waals surface area contributed by atoms with Gasteiger partial charge in [-0.2, -0.15) is 0 Å². The summed E-state index contributed by atoms with van der Waals surface area (Å²) in [4.78, 5) is 0. The van der Waals surface area contributed by atoms with Gasteiger partial charge in [-0.1, -0.05) is 27.5 Å². The van der Waals surface area contributed by atoms with Crippen molar-refractivity contribution in [1.82, 2.24) is 0 Å². The van der Waals surface area contributed by atoms with Crippen molar-refractivity contribution < 1.29 is 9.13 Å². The molecule has 0 amide bonds. The first kappa shape index (κ1) is 13.7. The van der Waals surface area contributed by atoms with Gasteiger partial charge in [-0.3, -0.25) is 0 Å². The van der Waals surface area contributed by atoms with Crippen molar-refractivity contribution >= 4 is 33.2 Å². The Hall–Kier alpha value is -1.26. The van der Waals surface area contributed by atoms with Gasteiger partial charge in [0, 0.05) is 26.3 Å². The van der Waals surface area contributed by atoms with Gasteiger partial charge >= 0.3 is 0 Å². The second kappa shape index (κ2) is 4.93. The van der Waals surface area contributed by atoms with E-state index in [9.17, 15) is 0 Å². The zero-order valence-corrected chi connectivity index (χ0v) is 13.1. The Labute approximate surface area is 130 Å². The summed E-state index contributed by atoms with van der Waals surface area (Å²) in [5, 5.41) is 3.58. The number of anilines is 1. The number of fused-ring (bicyclic) bond motifs is 1. The number of rotatable bonds is 2. The fraction of sp³-hybridized carbons (Fsp3) is 0.200. The highest BCUT2D eigenvalue weighted by atomic mass is 79.9. The molecule has 1 unspecified atom stereocenters. The van der Waals surface area contributed by atoms with Crippen LogP contribution < -0.4 is 10.1 Å². The zero-order valence-electron chi connectivity index (χ0n) is 10.7. The summed E-state index contributed by atoms with van der Waals surface area (Å²) in [5.41, 5.74) is 0.164. The molecule has 104 valence electrons. The van der Waals surface area contributed by atoms with Gasteiger partial charge in [0.15, 0.2) is 5.67 Å². The lowest BCUT2D eigenvalue weighted by Crippen LogP contribution is -2.25. The van der Waals surface area contributed by atoms with Crippen molar-refractivity contribution in [2.75, 3.05) is 19.0 Å². The second-order valence-electron chi connectivity index (χ2n) is 4.69. The molecule has 1 atom stereocenters. The third kappa shape index (κ3) is 2.07. The molecule has 0 radical (unpaired) electrons. The Morgan fingerprint density at radius 1 is 1.25 bits per heavy atom. The minimum absolute atomic E-state index is 0.162. The van der Waals surface area contributed by atoms with Crippen molar-refractivity contribution in [3.63, 3.8) is 0 Å². The summed E-state index contributed by atoms with van der Waals surface area (Å²) in [7, 11) is 1.53. The normalized spacial score (nSPS) is 20.4. The quantitative estimate of drug-likeness (QED) is 0.838. The van der Waals surface area contributed by atoms with Crippen molar-refractivity contribution in [2.24, 2.45) is 0 Å². The van der Waals surface area contributed by atoms with E-state index in [2.05, 4.69) is 21.2 Å². The largest absolute Gasteiger partial charge is 0.496 e. The van der Waals surface area contributed by atoms with Crippen LogP contribution in [0.25, 0.3) is 0 Å². The van der Waals surface area contributed by atoms with Gasteiger partial charge in [0.2, 0.25) is 0 Å². The van der Waals surface area contributed by atoms with E-state index >= 15 is 4.39 Å². The SMILES string of the molecule is COc1ccc(Cl)cc1C1(F)CNc2ccc(Br)cc21. The summed E-state index contributed by atoms with van der Waals surface area (Å²) in [6, 6.07) is 10.5. The average molecular weight is 357 g/mol. The molecule has 1 N–H and O–H groups in total. The molecule has 0 bridgehead atoms. The van der Waals surface area contributed by atoms with Crippen molar-refractivity contribution in [2.45, 2.75) is 5.67 Å². The highest BCUT2D eigenvalue weighted by Gasteiger charge is 2.43. The van der Waals surface area contributed by atoms with E-state index in [0.717, 1.165) is 10.2 Å². The minimum atomic E-state index is -1.66. The Kier molecular flexibility index (Phi) is 3.38. The standard InChI is InChI=1S/C15H12BrClFNO/c1-20-14-5-3-10(17)7-12(14)15(18)8-19-13-4-2-9(16)6-11(13)15/h2-7,19H,8H2,1H3. The van der Waals surface area contributed by atoms with Gasteiger partial charge in [-0.25, -0.2) is 4.39 Å². The molecule has 1 aliphatic rings. The number of methoxy groups -OCH3 is 1. The monoisotopic (exact) mass is 355 g/mol. The molecule has 5 heteroatoms. The third-order valence-electron chi connectivity index (χ3n) is 3.52. The van der Waals surface area contributed by atoms with Gasteiger partial charge < -0.3 is 10.1 Å². The Morgan fingerprint density at radius 3 is 2.80 bits per heavy atom. The van der Waals surface area contributed by atoms with Crippen LogP contribution in [0.15, 0.2) is 40.9 Å². The zero-order chi connectivity index (χ0) is 14.3. The van der Waals surface area contributed by atoms with Crippen molar-refractivity contribution in [3.8, 4) is 5.75 Å². The number of benzene rings is 2. The predicted octanol–water partition coefficient (Wildman–Crippen LogP) is 4.75. The Balaban J connectivity index is 2.21. The second-order valence-corrected chi connectivity index (χ2v) is 6.04. The predicted molar refractivity (Wildman–Crippen MR) is 82.5 cm³/mol. The lowest BCUT2D eigenvalue weighted by molar-refractivity contribution is 0.242. The van der Waals surface area contributed by atoms with Crippen LogP contribution in [-0.4, -0.2) is 13.7 Å². The number of hydrogen-bond donors (Lipinski definition) is 1. The Bertz CT molecular complexity index is 679. The first-order valence-corrected chi connectivity index (χ1v) is 7.28. The number of nitrogens with one attached hydrogen (secondary N) is 1. The lowest BCUT2D eigenvalue weighted by Gasteiger charge is -2.23. The molecule has 2 aromatic carbocycles. The molecular formula is C15H12BrClFNO. The minimum Gasteiger partial charge on any atom is -0.496 e. The van der Waals surface area contributed by atoms with Gasteiger partial charge in [0.1, 0.15) is 5.75 Å². The van der Waals surface area contributed by atoms with E-state index in [1.807, 2.05) is 12.1 Å².